The third-order valence-corrected chi connectivity index (χ3v) is 4.49. The Hall–Kier alpha value is -3.30. The molecule has 2 rings (SSSR count). The van der Waals surface area contributed by atoms with Crippen LogP contribution in [0.15, 0.2) is 18.2 Å². The Balaban J connectivity index is 1.71. The summed E-state index contributed by atoms with van der Waals surface area (Å²) >= 11 is 0. The molecule has 0 N–H and O–H groups in total. The first-order valence-corrected chi connectivity index (χ1v) is 10.2. The number of ether oxygens (including phenoxy) is 5. The number of nitrogens with zero attached hydrogens (tertiary/aromatic N) is 1. The van der Waals surface area contributed by atoms with Crippen molar-refractivity contribution in [1.82, 2.24) is 4.90 Å². The van der Waals surface area contributed by atoms with E-state index in [1.54, 1.807) is 45.9 Å². The van der Waals surface area contributed by atoms with Crippen LogP contribution in [0.25, 0.3) is 0 Å². The predicted molar refractivity (Wildman–Crippen MR) is 111 cm³/mol. The maximum absolute atomic E-state index is 12.7. The van der Waals surface area contributed by atoms with Gasteiger partial charge >= 0.3 is 18.0 Å². The lowest BCUT2D eigenvalue weighted by Crippen LogP contribution is -2.41. The van der Waals surface area contributed by atoms with Crippen LogP contribution in [0.2, 0.25) is 0 Å². The van der Waals surface area contributed by atoms with Crippen LogP contribution in [0.1, 0.15) is 57.3 Å². The van der Waals surface area contributed by atoms with Crippen molar-refractivity contribution in [1.29, 1.82) is 0 Å². The molecule has 1 aliphatic rings. The molecule has 1 atom stereocenters. The van der Waals surface area contributed by atoms with Gasteiger partial charge in [-0.15, -0.1) is 0 Å². The molecule has 176 valence electrons. The number of fused-ring (bicyclic) bond motifs is 1. The maximum atomic E-state index is 12.7. The van der Waals surface area contributed by atoms with Crippen molar-refractivity contribution < 1.29 is 42.9 Å². The van der Waals surface area contributed by atoms with Crippen LogP contribution >= 0.6 is 0 Å². The van der Waals surface area contributed by atoms with E-state index < -0.39 is 36.5 Å². The number of amides is 1. The van der Waals surface area contributed by atoms with Crippen molar-refractivity contribution in [3.05, 3.63) is 23.8 Å². The predicted octanol–water partition coefficient (Wildman–Crippen LogP) is 3.07. The highest BCUT2D eigenvalue weighted by Gasteiger charge is 2.26. The Labute approximate surface area is 186 Å². The summed E-state index contributed by atoms with van der Waals surface area (Å²) in [5, 5.41) is 0. The van der Waals surface area contributed by atoms with E-state index >= 15 is 0 Å². The molecule has 1 aliphatic heterocycles. The monoisotopic (exact) mass is 451 g/mol. The molecular formula is C22H29NO9. The van der Waals surface area contributed by atoms with E-state index in [4.69, 9.17) is 23.7 Å². The zero-order valence-corrected chi connectivity index (χ0v) is 19.0. The van der Waals surface area contributed by atoms with Gasteiger partial charge in [0.2, 0.25) is 13.6 Å². The highest BCUT2D eigenvalue weighted by atomic mass is 16.7. The van der Waals surface area contributed by atoms with Crippen molar-refractivity contribution in [2.75, 3.05) is 20.6 Å². The standard InChI is InChI=1S/C22H29NO9/c1-14(20(26)15-9-10-16-17(11-15)29-12-28-16)23(5)21(27)31-13-30-18(24)7-6-8-19(25)32-22(2,3)4/h9-11,14H,6-8,12-13H2,1-5H3. The first-order chi connectivity index (χ1) is 15.0. The molecule has 1 unspecified atom stereocenters. The van der Waals surface area contributed by atoms with E-state index in [-0.39, 0.29) is 31.8 Å². The van der Waals surface area contributed by atoms with Gasteiger partial charge in [-0.2, -0.15) is 0 Å². The van der Waals surface area contributed by atoms with Crippen LogP contribution in [-0.2, 0) is 23.8 Å². The first-order valence-electron chi connectivity index (χ1n) is 10.2. The summed E-state index contributed by atoms with van der Waals surface area (Å²) in [7, 11) is 1.40. The van der Waals surface area contributed by atoms with E-state index in [1.807, 2.05) is 0 Å². The van der Waals surface area contributed by atoms with Gasteiger partial charge in [0.1, 0.15) is 5.60 Å². The van der Waals surface area contributed by atoms with E-state index in [2.05, 4.69) is 0 Å². The Morgan fingerprint density at radius 2 is 1.69 bits per heavy atom. The minimum atomic E-state index is -0.826. The van der Waals surface area contributed by atoms with Gasteiger partial charge < -0.3 is 28.6 Å². The zero-order valence-electron chi connectivity index (χ0n) is 19.0. The molecule has 32 heavy (non-hydrogen) atoms. The van der Waals surface area contributed by atoms with Gasteiger partial charge in [0.05, 0.1) is 6.04 Å². The van der Waals surface area contributed by atoms with Crippen LogP contribution < -0.4 is 9.47 Å². The minimum Gasteiger partial charge on any atom is -0.460 e. The molecule has 0 aliphatic carbocycles. The van der Waals surface area contributed by atoms with Gasteiger partial charge in [0.25, 0.3) is 0 Å². The van der Waals surface area contributed by atoms with Gasteiger partial charge in [-0.05, 0) is 52.3 Å². The highest BCUT2D eigenvalue weighted by molar-refractivity contribution is 6.01. The molecule has 0 fully saturated rings. The fourth-order valence-electron chi connectivity index (χ4n) is 2.71. The normalized spacial score (nSPS) is 13.2. The molecule has 10 heteroatoms. The molecular weight excluding hydrogens is 422 g/mol. The molecule has 0 saturated heterocycles. The van der Waals surface area contributed by atoms with Crippen LogP contribution in [0, 0.1) is 0 Å². The van der Waals surface area contributed by atoms with Crippen LogP contribution in [0.4, 0.5) is 4.79 Å². The molecule has 1 amide bonds. The summed E-state index contributed by atoms with van der Waals surface area (Å²) in [5.41, 5.74) is -0.225. The summed E-state index contributed by atoms with van der Waals surface area (Å²) in [6.45, 7) is 6.32. The molecule has 0 aromatic heterocycles. The quantitative estimate of drug-likeness (QED) is 0.317. The second kappa shape index (κ2) is 10.8. The number of hydrogen-bond donors (Lipinski definition) is 0. The summed E-state index contributed by atoms with van der Waals surface area (Å²) in [5.74, 6) is -0.323. The Kier molecular flexibility index (Phi) is 8.45. The average molecular weight is 451 g/mol. The third kappa shape index (κ3) is 7.44. The van der Waals surface area contributed by atoms with Gasteiger partial charge in [-0.1, -0.05) is 0 Å². The second-order valence-electron chi connectivity index (χ2n) is 8.20. The summed E-state index contributed by atoms with van der Waals surface area (Å²) in [4.78, 5) is 49.3. The smallest absolute Gasteiger partial charge is 0.413 e. The van der Waals surface area contributed by atoms with E-state index in [1.165, 1.54) is 7.05 Å². The number of benzene rings is 1. The number of esters is 2. The van der Waals surface area contributed by atoms with Gasteiger partial charge in [0.15, 0.2) is 17.3 Å². The number of carbonyl (C=O) groups excluding carboxylic acids is 4. The van der Waals surface area contributed by atoms with E-state index in [0.717, 1.165) is 4.90 Å². The molecule has 0 bridgehead atoms. The summed E-state index contributed by atoms with van der Waals surface area (Å²) in [6, 6.07) is 3.94. The van der Waals surface area contributed by atoms with Gasteiger partial charge in [0, 0.05) is 25.5 Å². The lowest BCUT2D eigenvalue weighted by atomic mass is 10.0. The van der Waals surface area contributed by atoms with E-state index in [0.29, 0.717) is 17.1 Å². The zero-order chi connectivity index (χ0) is 23.9. The third-order valence-electron chi connectivity index (χ3n) is 4.49. The van der Waals surface area contributed by atoms with Crippen molar-refractivity contribution >= 4 is 23.8 Å². The molecule has 0 spiro atoms. The molecule has 1 aromatic carbocycles. The molecule has 1 aromatic rings. The highest BCUT2D eigenvalue weighted by Crippen LogP contribution is 2.33. The molecule has 0 radical (unpaired) electrons. The van der Waals surface area contributed by atoms with Crippen LogP contribution in [0.3, 0.4) is 0 Å². The summed E-state index contributed by atoms with van der Waals surface area (Å²) < 4.78 is 25.4. The number of rotatable bonds is 9. The Morgan fingerprint density at radius 3 is 2.38 bits per heavy atom. The number of Topliss-reactive ketones (excluding diaryl/α,β-unsaturated/α-hetero) is 1. The number of hydrogen-bond acceptors (Lipinski definition) is 9. The minimum absolute atomic E-state index is 0.0222. The fourth-order valence-corrected chi connectivity index (χ4v) is 2.71. The lowest BCUT2D eigenvalue weighted by molar-refractivity contribution is -0.155. The van der Waals surface area contributed by atoms with E-state index in [9.17, 15) is 19.2 Å². The number of likely N-dealkylation sites (N-methyl/N-ethyl adjacent to an activating group) is 1. The average Bonchev–Trinajstić information content (AvgIpc) is 3.18. The molecule has 0 saturated carbocycles. The topological polar surface area (TPSA) is 118 Å². The van der Waals surface area contributed by atoms with Crippen molar-refractivity contribution in [3.63, 3.8) is 0 Å². The number of carbonyl (C=O) groups is 4. The fraction of sp³-hybridized carbons (Fsp3) is 0.545. The summed E-state index contributed by atoms with van der Waals surface area (Å²) in [6.07, 6.45) is -0.518. The van der Waals surface area contributed by atoms with Crippen molar-refractivity contribution in [2.24, 2.45) is 0 Å². The SMILES string of the molecule is CC(C(=O)c1ccc2c(c1)OCO2)N(C)C(=O)OCOC(=O)CCCC(=O)OC(C)(C)C. The van der Waals surface area contributed by atoms with Crippen LogP contribution in [0.5, 0.6) is 11.5 Å². The molecule has 10 nitrogen and oxygen atoms in total. The number of ketones is 1. The lowest BCUT2D eigenvalue weighted by Gasteiger charge is -2.23. The van der Waals surface area contributed by atoms with Gasteiger partial charge in [-0.25, -0.2) is 4.79 Å². The maximum Gasteiger partial charge on any atom is 0.413 e. The first kappa shape index (κ1) is 25.0. The largest absolute Gasteiger partial charge is 0.460 e. The van der Waals surface area contributed by atoms with Crippen molar-refractivity contribution in [2.45, 2.75) is 58.6 Å². The second-order valence-corrected chi connectivity index (χ2v) is 8.20. The van der Waals surface area contributed by atoms with Crippen molar-refractivity contribution in [3.8, 4) is 11.5 Å². The van der Waals surface area contributed by atoms with Gasteiger partial charge in [-0.3, -0.25) is 14.4 Å². The van der Waals surface area contributed by atoms with Crippen LogP contribution in [-0.4, -0.2) is 61.0 Å². The Morgan fingerprint density at radius 1 is 1.03 bits per heavy atom. The molecule has 1 heterocycles. The Bertz CT molecular complexity index is 859.